The molecular formula is C44H54N2S4. The van der Waals surface area contributed by atoms with Gasteiger partial charge in [0.05, 0.1) is 11.0 Å². The van der Waals surface area contributed by atoms with Crippen molar-refractivity contribution in [1.82, 2.24) is 9.97 Å². The van der Waals surface area contributed by atoms with Crippen molar-refractivity contribution in [1.29, 1.82) is 0 Å². The number of hydrogen-bond donors (Lipinski definition) is 0. The Morgan fingerprint density at radius 1 is 0.360 bits per heavy atom. The molecule has 2 nitrogen and oxygen atoms in total. The minimum absolute atomic E-state index is 0.985. The Bertz CT molecular complexity index is 1740. The molecule has 0 aliphatic heterocycles. The average molecular weight is 739 g/mol. The van der Waals surface area contributed by atoms with E-state index < -0.39 is 0 Å². The zero-order valence-corrected chi connectivity index (χ0v) is 33.4. The topological polar surface area (TPSA) is 25.8 Å². The van der Waals surface area contributed by atoms with Gasteiger partial charge in [-0.15, -0.1) is 45.3 Å². The van der Waals surface area contributed by atoms with E-state index in [-0.39, 0.29) is 0 Å². The monoisotopic (exact) mass is 738 g/mol. The Kier molecular flexibility index (Phi) is 14.7. The summed E-state index contributed by atoms with van der Waals surface area (Å²) in [5.41, 5.74) is 4.31. The fraction of sp³-hybridized carbons (Fsp3) is 0.455. The maximum Gasteiger partial charge on any atom is 0.0979 e. The van der Waals surface area contributed by atoms with E-state index in [0.717, 1.165) is 11.0 Å². The molecule has 0 N–H and O–H groups in total. The molecule has 0 aliphatic carbocycles. The first-order valence-corrected chi connectivity index (χ1v) is 22.6. The van der Waals surface area contributed by atoms with Crippen molar-refractivity contribution in [3.8, 4) is 40.4 Å². The van der Waals surface area contributed by atoms with E-state index >= 15 is 0 Å². The van der Waals surface area contributed by atoms with Crippen molar-refractivity contribution in [2.24, 2.45) is 0 Å². The fourth-order valence-corrected chi connectivity index (χ4v) is 11.2. The van der Waals surface area contributed by atoms with Crippen LogP contribution in [0.5, 0.6) is 0 Å². The highest BCUT2D eigenvalue weighted by atomic mass is 32.1. The van der Waals surface area contributed by atoms with E-state index in [1.807, 2.05) is 57.7 Å². The average Bonchev–Trinajstić information content (AvgIpc) is 3.97. The SMILES string of the molecule is CCCCCCCCCCc1ccc(-c2ccc(-c3ccc(-c4ccc(-c5ccc(CCCCCCCCCC)s5)s4)c4nccnc34)s2)s1. The molecule has 1 aromatic carbocycles. The van der Waals surface area contributed by atoms with Gasteiger partial charge in [0.2, 0.25) is 0 Å². The lowest BCUT2D eigenvalue weighted by Gasteiger charge is -2.07. The normalized spacial score (nSPS) is 11.6. The van der Waals surface area contributed by atoms with Crippen molar-refractivity contribution in [2.75, 3.05) is 0 Å². The molecule has 0 atom stereocenters. The molecule has 0 bridgehead atoms. The van der Waals surface area contributed by atoms with E-state index in [2.05, 4.69) is 74.5 Å². The number of thiophene rings is 4. The quantitative estimate of drug-likeness (QED) is 0.0648. The number of unbranched alkanes of at least 4 members (excludes halogenated alkanes) is 14. The molecule has 0 amide bonds. The van der Waals surface area contributed by atoms with E-state index in [1.54, 1.807) is 0 Å². The van der Waals surface area contributed by atoms with Crippen LogP contribution in [-0.4, -0.2) is 9.97 Å². The summed E-state index contributed by atoms with van der Waals surface area (Å²) in [6.07, 6.45) is 28.0. The zero-order chi connectivity index (χ0) is 34.4. The standard InChI is InChI=1S/C44H54N2S4/c1-3-5-7-9-11-13-15-17-19-33-21-25-39(47-33)41-29-27-37(49-41)35-23-24-36(44-43(35)45-31-32-46-44)38-28-30-42(50-38)40-26-22-34(48-40)20-18-16-14-12-10-8-6-4-2/h21-32H,3-20H2,1-2H3. The lowest BCUT2D eigenvalue weighted by atomic mass is 10.1. The Balaban J connectivity index is 1.07. The molecule has 0 unspecified atom stereocenters. The van der Waals surface area contributed by atoms with Crippen LogP contribution in [0.15, 0.2) is 73.1 Å². The van der Waals surface area contributed by atoms with Crippen molar-refractivity contribution >= 4 is 56.4 Å². The molecule has 264 valence electrons. The number of aryl methyl sites for hydroxylation is 2. The van der Waals surface area contributed by atoms with Gasteiger partial charge in [0.15, 0.2) is 0 Å². The van der Waals surface area contributed by atoms with Gasteiger partial charge in [-0.05, 0) is 74.2 Å². The van der Waals surface area contributed by atoms with Crippen LogP contribution in [-0.2, 0) is 12.8 Å². The number of rotatable bonds is 22. The first kappa shape index (κ1) is 37.1. The van der Waals surface area contributed by atoms with Gasteiger partial charge in [-0.1, -0.05) is 116 Å². The van der Waals surface area contributed by atoms with E-state index in [9.17, 15) is 0 Å². The highest BCUT2D eigenvalue weighted by Gasteiger charge is 2.16. The van der Waals surface area contributed by atoms with E-state index in [0.29, 0.717) is 0 Å². The molecular weight excluding hydrogens is 685 g/mol. The predicted octanol–water partition coefficient (Wildman–Crippen LogP) is 15.9. The van der Waals surface area contributed by atoms with E-state index in [1.165, 1.54) is 166 Å². The summed E-state index contributed by atoms with van der Waals surface area (Å²) in [7, 11) is 0. The van der Waals surface area contributed by atoms with Crippen molar-refractivity contribution in [3.05, 3.63) is 82.8 Å². The van der Waals surface area contributed by atoms with Crippen molar-refractivity contribution in [3.63, 3.8) is 0 Å². The van der Waals surface area contributed by atoms with Crippen molar-refractivity contribution in [2.45, 2.75) is 129 Å². The second kappa shape index (κ2) is 19.8. The second-order valence-electron chi connectivity index (χ2n) is 13.7. The summed E-state index contributed by atoms with van der Waals surface area (Å²) < 4.78 is 0. The molecule has 6 heteroatoms. The molecule has 6 aromatic rings. The van der Waals surface area contributed by atoms with Gasteiger partial charge in [0, 0.05) is 62.5 Å². The molecule has 0 saturated carbocycles. The number of fused-ring (bicyclic) bond motifs is 1. The number of benzene rings is 1. The molecule has 0 fully saturated rings. The first-order chi connectivity index (χ1) is 24.7. The van der Waals surface area contributed by atoms with Crippen LogP contribution in [0.4, 0.5) is 0 Å². The lowest BCUT2D eigenvalue weighted by molar-refractivity contribution is 0.576. The highest BCUT2D eigenvalue weighted by molar-refractivity contribution is 7.24. The fourth-order valence-electron chi connectivity index (χ4n) is 6.84. The zero-order valence-electron chi connectivity index (χ0n) is 30.2. The van der Waals surface area contributed by atoms with Gasteiger partial charge in [-0.3, -0.25) is 9.97 Å². The molecule has 0 spiro atoms. The summed E-state index contributed by atoms with van der Waals surface area (Å²) in [5, 5.41) is 0. The maximum absolute atomic E-state index is 4.88. The number of nitrogens with zero attached hydrogens (tertiary/aromatic N) is 2. The molecule has 0 aliphatic rings. The number of aromatic nitrogens is 2. The minimum Gasteiger partial charge on any atom is -0.252 e. The predicted molar refractivity (Wildman–Crippen MR) is 225 cm³/mol. The molecule has 6 rings (SSSR count). The molecule has 5 aromatic heterocycles. The van der Waals surface area contributed by atoms with Crippen LogP contribution >= 0.6 is 45.3 Å². The maximum atomic E-state index is 4.88. The summed E-state index contributed by atoms with van der Waals surface area (Å²) in [4.78, 5) is 20.7. The summed E-state index contributed by atoms with van der Waals surface area (Å²) >= 11 is 7.68. The molecule has 0 radical (unpaired) electrons. The first-order valence-electron chi connectivity index (χ1n) is 19.4. The van der Waals surface area contributed by atoms with Crippen LogP contribution in [0.2, 0.25) is 0 Å². The molecule has 5 heterocycles. The lowest BCUT2D eigenvalue weighted by Crippen LogP contribution is -1.88. The van der Waals surface area contributed by atoms with Crippen LogP contribution < -0.4 is 0 Å². The Morgan fingerprint density at radius 2 is 0.700 bits per heavy atom. The Morgan fingerprint density at radius 3 is 1.12 bits per heavy atom. The van der Waals surface area contributed by atoms with Crippen LogP contribution in [0.3, 0.4) is 0 Å². The second-order valence-corrected chi connectivity index (χ2v) is 18.2. The van der Waals surface area contributed by atoms with Gasteiger partial charge >= 0.3 is 0 Å². The minimum atomic E-state index is 0.985. The molecule has 0 saturated heterocycles. The number of hydrogen-bond acceptors (Lipinski definition) is 6. The highest BCUT2D eigenvalue weighted by Crippen LogP contribution is 2.43. The van der Waals surface area contributed by atoms with Gasteiger partial charge in [0.1, 0.15) is 0 Å². The van der Waals surface area contributed by atoms with Gasteiger partial charge in [-0.2, -0.15) is 0 Å². The molecule has 50 heavy (non-hydrogen) atoms. The third-order valence-electron chi connectivity index (χ3n) is 9.73. The summed E-state index contributed by atoms with van der Waals surface area (Å²) in [6.45, 7) is 4.58. The summed E-state index contributed by atoms with van der Waals surface area (Å²) in [6, 6.07) is 23.0. The smallest absolute Gasteiger partial charge is 0.0979 e. The largest absolute Gasteiger partial charge is 0.252 e. The Hall–Kier alpha value is -2.64. The van der Waals surface area contributed by atoms with Gasteiger partial charge < -0.3 is 0 Å². The third kappa shape index (κ3) is 10.2. The Labute approximate surface area is 317 Å². The van der Waals surface area contributed by atoms with Crippen LogP contribution in [0, 0.1) is 0 Å². The van der Waals surface area contributed by atoms with Crippen molar-refractivity contribution < 1.29 is 0 Å². The van der Waals surface area contributed by atoms with Gasteiger partial charge in [0.25, 0.3) is 0 Å². The third-order valence-corrected chi connectivity index (χ3v) is 14.6. The van der Waals surface area contributed by atoms with E-state index in [4.69, 9.17) is 9.97 Å². The van der Waals surface area contributed by atoms with Crippen LogP contribution in [0.1, 0.15) is 126 Å². The van der Waals surface area contributed by atoms with Crippen LogP contribution in [0.25, 0.3) is 51.4 Å². The van der Waals surface area contributed by atoms with Gasteiger partial charge in [-0.25, -0.2) is 0 Å². The summed E-state index contributed by atoms with van der Waals surface area (Å²) in [5.74, 6) is 0.